The van der Waals surface area contributed by atoms with Gasteiger partial charge in [0.15, 0.2) is 5.16 Å². The molecular formula is C13H16BrN5O2S. The molecule has 2 rings (SSSR count). The molecule has 0 atom stereocenters. The van der Waals surface area contributed by atoms with Gasteiger partial charge in [-0.15, -0.1) is 10.2 Å². The van der Waals surface area contributed by atoms with Crippen LogP contribution in [0, 0.1) is 0 Å². The Hall–Kier alpha value is -1.45. The van der Waals surface area contributed by atoms with Crippen LogP contribution in [-0.4, -0.2) is 45.1 Å². The molecule has 0 unspecified atom stereocenters. The predicted molar refractivity (Wildman–Crippen MR) is 87.8 cm³/mol. The summed E-state index contributed by atoms with van der Waals surface area (Å²) in [6, 6.07) is 3.56. The van der Waals surface area contributed by atoms with Gasteiger partial charge in [-0.1, -0.05) is 11.8 Å². The van der Waals surface area contributed by atoms with E-state index >= 15 is 0 Å². The molecular weight excluding hydrogens is 370 g/mol. The largest absolute Gasteiger partial charge is 0.385 e. The number of amides is 1. The fourth-order valence-electron chi connectivity index (χ4n) is 1.65. The second-order valence-electron chi connectivity index (χ2n) is 4.35. The zero-order valence-corrected chi connectivity index (χ0v) is 14.4. The van der Waals surface area contributed by atoms with Gasteiger partial charge in [-0.25, -0.2) is 4.98 Å². The molecule has 118 valence electrons. The van der Waals surface area contributed by atoms with Crippen molar-refractivity contribution in [2.45, 2.75) is 18.1 Å². The lowest BCUT2D eigenvalue weighted by Crippen LogP contribution is -2.15. The summed E-state index contributed by atoms with van der Waals surface area (Å²) in [7, 11) is 1.67. The predicted octanol–water partition coefficient (Wildman–Crippen LogP) is 2.20. The molecule has 0 saturated carbocycles. The van der Waals surface area contributed by atoms with Crippen LogP contribution in [0.4, 0.5) is 5.82 Å². The van der Waals surface area contributed by atoms with Crippen LogP contribution in [-0.2, 0) is 16.1 Å². The van der Waals surface area contributed by atoms with Crippen LogP contribution in [0.3, 0.4) is 0 Å². The minimum absolute atomic E-state index is 0.133. The van der Waals surface area contributed by atoms with Crippen molar-refractivity contribution < 1.29 is 9.53 Å². The van der Waals surface area contributed by atoms with E-state index in [0.717, 1.165) is 22.6 Å². The van der Waals surface area contributed by atoms with Crippen LogP contribution in [0.5, 0.6) is 0 Å². The second kappa shape index (κ2) is 8.86. The van der Waals surface area contributed by atoms with E-state index in [-0.39, 0.29) is 11.7 Å². The number of hydrogen-bond acceptors (Lipinski definition) is 6. The van der Waals surface area contributed by atoms with Gasteiger partial charge in [-0.2, -0.15) is 0 Å². The van der Waals surface area contributed by atoms with Gasteiger partial charge in [0, 0.05) is 30.9 Å². The van der Waals surface area contributed by atoms with E-state index in [0.29, 0.717) is 12.4 Å². The lowest BCUT2D eigenvalue weighted by Gasteiger charge is -2.06. The maximum atomic E-state index is 11.9. The monoisotopic (exact) mass is 385 g/mol. The first-order valence-corrected chi connectivity index (χ1v) is 8.38. The quantitative estimate of drug-likeness (QED) is 0.553. The summed E-state index contributed by atoms with van der Waals surface area (Å²) in [6.45, 7) is 1.44. The number of nitrogens with zero attached hydrogens (tertiary/aromatic N) is 4. The third kappa shape index (κ3) is 5.39. The Morgan fingerprint density at radius 3 is 3.09 bits per heavy atom. The van der Waals surface area contributed by atoms with E-state index in [1.165, 1.54) is 11.8 Å². The van der Waals surface area contributed by atoms with Crippen molar-refractivity contribution >= 4 is 39.4 Å². The third-order valence-corrected chi connectivity index (χ3v) is 4.10. The number of methoxy groups -OCH3 is 1. The molecule has 7 nitrogen and oxygen atoms in total. The Morgan fingerprint density at radius 2 is 2.36 bits per heavy atom. The molecule has 2 aromatic heterocycles. The first-order valence-electron chi connectivity index (χ1n) is 6.60. The maximum absolute atomic E-state index is 11.9. The molecule has 0 saturated heterocycles. The molecule has 9 heteroatoms. The van der Waals surface area contributed by atoms with Gasteiger partial charge in [0.1, 0.15) is 12.1 Å². The van der Waals surface area contributed by atoms with Crippen molar-refractivity contribution in [1.82, 2.24) is 19.7 Å². The molecule has 0 aliphatic heterocycles. The normalized spacial score (nSPS) is 10.6. The third-order valence-electron chi connectivity index (χ3n) is 2.65. The van der Waals surface area contributed by atoms with Gasteiger partial charge >= 0.3 is 0 Å². The van der Waals surface area contributed by atoms with Crippen molar-refractivity contribution in [1.29, 1.82) is 0 Å². The fourth-order valence-corrected chi connectivity index (χ4v) is 2.62. The van der Waals surface area contributed by atoms with Gasteiger partial charge in [0.25, 0.3) is 0 Å². The number of carbonyl (C=O) groups excluding carboxylic acids is 1. The van der Waals surface area contributed by atoms with Gasteiger partial charge in [0.2, 0.25) is 5.91 Å². The lowest BCUT2D eigenvalue weighted by atomic mass is 10.4. The Labute approximate surface area is 141 Å². The van der Waals surface area contributed by atoms with E-state index < -0.39 is 0 Å². The standard InChI is InChI=1S/C13H16BrN5O2S/c1-21-6-2-5-19-9-16-18-13(19)22-8-12(20)17-11-4-3-10(14)7-15-11/h3-4,7,9H,2,5-6,8H2,1H3,(H,15,17,20). The summed E-state index contributed by atoms with van der Waals surface area (Å²) < 4.78 is 7.79. The average Bonchev–Trinajstić information content (AvgIpc) is 2.95. The minimum atomic E-state index is -0.133. The zero-order chi connectivity index (χ0) is 15.8. The highest BCUT2D eigenvalue weighted by Crippen LogP contribution is 2.16. The molecule has 22 heavy (non-hydrogen) atoms. The highest BCUT2D eigenvalue weighted by Gasteiger charge is 2.09. The van der Waals surface area contributed by atoms with Crippen LogP contribution in [0.25, 0.3) is 0 Å². The van der Waals surface area contributed by atoms with Crippen molar-refractivity contribution in [3.63, 3.8) is 0 Å². The van der Waals surface area contributed by atoms with E-state index in [4.69, 9.17) is 4.74 Å². The average molecular weight is 386 g/mol. The van der Waals surface area contributed by atoms with Gasteiger partial charge in [-0.05, 0) is 34.5 Å². The summed E-state index contributed by atoms with van der Waals surface area (Å²) in [5.74, 6) is 0.641. The van der Waals surface area contributed by atoms with Crippen molar-refractivity contribution in [3.8, 4) is 0 Å². The van der Waals surface area contributed by atoms with E-state index in [2.05, 4.69) is 36.4 Å². The van der Waals surface area contributed by atoms with Gasteiger partial charge in [-0.3, -0.25) is 4.79 Å². The van der Waals surface area contributed by atoms with Crippen LogP contribution in [0.2, 0.25) is 0 Å². The fraction of sp³-hybridized carbons (Fsp3) is 0.385. The number of aryl methyl sites for hydroxylation is 1. The van der Waals surface area contributed by atoms with Gasteiger partial charge < -0.3 is 14.6 Å². The van der Waals surface area contributed by atoms with E-state index in [1.54, 1.807) is 25.7 Å². The number of anilines is 1. The van der Waals surface area contributed by atoms with Crippen molar-refractivity contribution in [3.05, 3.63) is 29.1 Å². The molecule has 0 radical (unpaired) electrons. The number of pyridine rings is 1. The minimum Gasteiger partial charge on any atom is -0.385 e. The number of carbonyl (C=O) groups is 1. The first kappa shape index (κ1) is 16.9. The van der Waals surface area contributed by atoms with Crippen molar-refractivity contribution in [2.24, 2.45) is 0 Å². The van der Waals surface area contributed by atoms with Crippen LogP contribution in [0.15, 0.2) is 34.3 Å². The van der Waals surface area contributed by atoms with Gasteiger partial charge in [0.05, 0.1) is 5.75 Å². The molecule has 0 fully saturated rings. The van der Waals surface area contributed by atoms with Crippen LogP contribution >= 0.6 is 27.7 Å². The van der Waals surface area contributed by atoms with Crippen molar-refractivity contribution in [2.75, 3.05) is 24.8 Å². The van der Waals surface area contributed by atoms with E-state index in [9.17, 15) is 4.79 Å². The molecule has 2 aromatic rings. The number of nitrogens with one attached hydrogen (secondary N) is 1. The summed E-state index contributed by atoms with van der Waals surface area (Å²) >= 11 is 4.64. The summed E-state index contributed by atoms with van der Waals surface area (Å²) in [5.41, 5.74) is 0. The van der Waals surface area contributed by atoms with Crippen LogP contribution in [0.1, 0.15) is 6.42 Å². The second-order valence-corrected chi connectivity index (χ2v) is 6.21. The highest BCUT2D eigenvalue weighted by molar-refractivity contribution is 9.10. The number of thioether (sulfide) groups is 1. The Bertz CT molecular complexity index is 605. The maximum Gasteiger partial charge on any atom is 0.236 e. The zero-order valence-electron chi connectivity index (χ0n) is 12.0. The summed E-state index contributed by atoms with van der Waals surface area (Å²) in [4.78, 5) is 16.0. The molecule has 0 aromatic carbocycles. The molecule has 1 N–H and O–H groups in total. The smallest absolute Gasteiger partial charge is 0.236 e. The molecule has 0 spiro atoms. The lowest BCUT2D eigenvalue weighted by molar-refractivity contribution is -0.113. The molecule has 0 aliphatic carbocycles. The Morgan fingerprint density at radius 1 is 1.50 bits per heavy atom. The number of hydrogen-bond donors (Lipinski definition) is 1. The number of halogens is 1. The van der Waals surface area contributed by atoms with E-state index in [1.807, 2.05) is 10.6 Å². The molecule has 1 amide bonds. The number of ether oxygens (including phenoxy) is 1. The van der Waals surface area contributed by atoms with Crippen LogP contribution < -0.4 is 5.32 Å². The summed E-state index contributed by atoms with van der Waals surface area (Å²) in [5, 5.41) is 11.3. The summed E-state index contributed by atoms with van der Waals surface area (Å²) in [6.07, 6.45) is 4.17. The highest BCUT2D eigenvalue weighted by atomic mass is 79.9. The number of rotatable bonds is 8. The number of aromatic nitrogens is 4. The first-order chi connectivity index (χ1) is 10.7. The SMILES string of the molecule is COCCCn1cnnc1SCC(=O)Nc1ccc(Br)cn1. The molecule has 0 bridgehead atoms. The molecule has 2 heterocycles. The topological polar surface area (TPSA) is 81.9 Å². The Balaban J connectivity index is 1.81. The Kier molecular flexibility index (Phi) is 6.81. The molecule has 0 aliphatic rings.